The molecular weight excluding hydrogens is 362 g/mol. The van der Waals surface area contributed by atoms with Crippen molar-refractivity contribution in [3.05, 3.63) is 52.4 Å². The van der Waals surface area contributed by atoms with Crippen molar-refractivity contribution >= 4 is 33.5 Å². The van der Waals surface area contributed by atoms with Crippen LogP contribution in [0.3, 0.4) is 0 Å². The zero-order valence-electron chi connectivity index (χ0n) is 12.8. The third-order valence-electron chi connectivity index (χ3n) is 3.85. The van der Waals surface area contributed by atoms with Gasteiger partial charge < -0.3 is 14.1 Å². The number of rotatable bonds is 3. The summed E-state index contributed by atoms with van der Waals surface area (Å²) in [4.78, 5) is 26.4. The van der Waals surface area contributed by atoms with Crippen molar-refractivity contribution < 1.29 is 18.7 Å². The molecule has 5 nitrogen and oxygen atoms in total. The Morgan fingerprint density at radius 2 is 2.04 bits per heavy atom. The largest absolute Gasteiger partial charge is 0.447 e. The molecule has 2 heterocycles. The molecule has 0 saturated carbocycles. The van der Waals surface area contributed by atoms with E-state index in [1.165, 1.54) is 6.07 Å². The first kappa shape index (κ1) is 15.8. The van der Waals surface area contributed by atoms with Crippen molar-refractivity contribution in [1.29, 1.82) is 0 Å². The van der Waals surface area contributed by atoms with Crippen molar-refractivity contribution in [2.45, 2.75) is 32.4 Å². The van der Waals surface area contributed by atoms with Crippen LogP contribution in [0.15, 0.2) is 45.5 Å². The number of carbonyl (C=O) groups is 2. The monoisotopic (exact) mass is 377 g/mol. The van der Waals surface area contributed by atoms with Crippen molar-refractivity contribution in [2.24, 2.45) is 0 Å². The number of anilines is 1. The highest BCUT2D eigenvalue weighted by molar-refractivity contribution is 9.10. The standard InChI is InChI=1S/C17H16BrNO4/c1-10-9-12-5-3-4-6-13(12)19(10)16(20)11(2)22-17(21)14-7-8-15(18)23-14/h3-8,10-11H,9H2,1-2H3/t10-,11+/m1/s1. The highest BCUT2D eigenvalue weighted by Crippen LogP contribution is 2.32. The number of furan rings is 1. The van der Waals surface area contributed by atoms with E-state index >= 15 is 0 Å². The molecule has 1 amide bonds. The zero-order valence-corrected chi connectivity index (χ0v) is 14.4. The van der Waals surface area contributed by atoms with Crippen LogP contribution in [0.1, 0.15) is 30.0 Å². The molecule has 1 aliphatic rings. The fourth-order valence-electron chi connectivity index (χ4n) is 2.79. The summed E-state index contributed by atoms with van der Waals surface area (Å²) in [5.41, 5.74) is 2.01. The predicted octanol–water partition coefficient (Wildman–Crippen LogP) is 3.57. The van der Waals surface area contributed by atoms with Gasteiger partial charge in [0, 0.05) is 11.7 Å². The molecule has 0 unspecified atom stereocenters. The summed E-state index contributed by atoms with van der Waals surface area (Å²) in [6, 6.07) is 10.9. The highest BCUT2D eigenvalue weighted by Gasteiger charge is 2.34. The zero-order chi connectivity index (χ0) is 16.6. The number of halogens is 1. The Hall–Kier alpha value is -2.08. The Morgan fingerprint density at radius 1 is 1.30 bits per heavy atom. The highest BCUT2D eigenvalue weighted by atomic mass is 79.9. The minimum absolute atomic E-state index is 0.0406. The van der Waals surface area contributed by atoms with E-state index in [-0.39, 0.29) is 17.7 Å². The molecule has 0 radical (unpaired) electrons. The number of hydrogen-bond acceptors (Lipinski definition) is 4. The summed E-state index contributed by atoms with van der Waals surface area (Å²) in [5.74, 6) is -0.829. The van der Waals surface area contributed by atoms with Gasteiger partial charge >= 0.3 is 5.97 Å². The summed E-state index contributed by atoms with van der Waals surface area (Å²) in [6.07, 6.45) is -0.0896. The van der Waals surface area contributed by atoms with Crippen LogP contribution in [-0.2, 0) is 16.0 Å². The second-order valence-corrected chi connectivity index (χ2v) is 6.32. The van der Waals surface area contributed by atoms with E-state index in [1.54, 1.807) is 17.9 Å². The minimum Gasteiger partial charge on any atom is -0.447 e. The van der Waals surface area contributed by atoms with Gasteiger partial charge in [0.05, 0.1) is 0 Å². The first-order valence-electron chi connectivity index (χ1n) is 7.34. The van der Waals surface area contributed by atoms with Gasteiger partial charge in [0.15, 0.2) is 10.8 Å². The number of para-hydroxylation sites is 1. The van der Waals surface area contributed by atoms with Gasteiger partial charge in [0.2, 0.25) is 5.76 Å². The van der Waals surface area contributed by atoms with Gasteiger partial charge in [-0.25, -0.2) is 4.79 Å². The molecule has 2 aromatic rings. The molecule has 0 N–H and O–H groups in total. The first-order valence-corrected chi connectivity index (χ1v) is 8.14. The number of ether oxygens (including phenoxy) is 1. The van der Waals surface area contributed by atoms with Crippen LogP contribution < -0.4 is 4.90 Å². The number of nitrogens with zero attached hydrogens (tertiary/aromatic N) is 1. The second-order valence-electron chi connectivity index (χ2n) is 5.54. The van der Waals surface area contributed by atoms with Crippen LogP contribution in [0, 0.1) is 0 Å². The maximum absolute atomic E-state index is 12.7. The van der Waals surface area contributed by atoms with Gasteiger partial charge in [0.1, 0.15) is 0 Å². The van der Waals surface area contributed by atoms with Crippen molar-refractivity contribution in [2.75, 3.05) is 4.90 Å². The van der Waals surface area contributed by atoms with Crippen LogP contribution in [-0.4, -0.2) is 24.0 Å². The number of carbonyl (C=O) groups excluding carboxylic acids is 2. The molecule has 1 aliphatic heterocycles. The molecule has 3 rings (SSSR count). The van der Waals surface area contributed by atoms with Crippen LogP contribution in [0.2, 0.25) is 0 Å². The lowest BCUT2D eigenvalue weighted by Gasteiger charge is -2.25. The average Bonchev–Trinajstić information content (AvgIpc) is 3.09. The molecule has 2 atom stereocenters. The number of esters is 1. The number of amides is 1. The first-order chi connectivity index (χ1) is 11.0. The summed E-state index contributed by atoms with van der Waals surface area (Å²) >= 11 is 3.13. The second kappa shape index (κ2) is 6.20. The number of benzene rings is 1. The molecule has 0 saturated heterocycles. The summed E-state index contributed by atoms with van der Waals surface area (Å²) < 4.78 is 10.8. The molecule has 0 fully saturated rings. The Labute approximate surface area is 142 Å². The van der Waals surface area contributed by atoms with E-state index < -0.39 is 12.1 Å². The molecule has 1 aromatic carbocycles. The summed E-state index contributed by atoms with van der Waals surface area (Å²) in [7, 11) is 0. The maximum Gasteiger partial charge on any atom is 0.375 e. The molecule has 0 bridgehead atoms. The molecular formula is C17H16BrNO4. The Bertz CT molecular complexity index is 755. The van der Waals surface area contributed by atoms with Gasteiger partial charge in [-0.15, -0.1) is 0 Å². The Balaban J connectivity index is 1.74. The molecule has 120 valence electrons. The van der Waals surface area contributed by atoms with E-state index in [2.05, 4.69) is 15.9 Å². The molecule has 23 heavy (non-hydrogen) atoms. The fourth-order valence-corrected chi connectivity index (χ4v) is 3.10. The van der Waals surface area contributed by atoms with Crippen molar-refractivity contribution in [3.8, 4) is 0 Å². The number of hydrogen-bond donors (Lipinski definition) is 0. The Morgan fingerprint density at radius 3 is 2.74 bits per heavy atom. The summed E-state index contributed by atoms with van der Waals surface area (Å²) in [6.45, 7) is 3.56. The van der Waals surface area contributed by atoms with Crippen LogP contribution in [0.25, 0.3) is 0 Å². The smallest absolute Gasteiger partial charge is 0.375 e. The van der Waals surface area contributed by atoms with Gasteiger partial charge in [-0.3, -0.25) is 4.79 Å². The van der Waals surface area contributed by atoms with Crippen molar-refractivity contribution in [1.82, 2.24) is 0 Å². The maximum atomic E-state index is 12.7. The van der Waals surface area contributed by atoms with Crippen LogP contribution >= 0.6 is 15.9 Å². The summed E-state index contributed by atoms with van der Waals surface area (Å²) in [5, 5.41) is 0. The number of fused-ring (bicyclic) bond motifs is 1. The fraction of sp³-hybridized carbons (Fsp3) is 0.294. The average molecular weight is 378 g/mol. The normalized spacial score (nSPS) is 17.7. The van der Waals surface area contributed by atoms with E-state index in [4.69, 9.17) is 9.15 Å². The third kappa shape index (κ3) is 3.03. The van der Waals surface area contributed by atoms with Crippen LogP contribution in [0.4, 0.5) is 5.69 Å². The van der Waals surface area contributed by atoms with E-state index in [1.807, 2.05) is 31.2 Å². The lowest BCUT2D eigenvalue weighted by atomic mass is 10.1. The van der Waals surface area contributed by atoms with Gasteiger partial charge in [-0.1, -0.05) is 18.2 Å². The van der Waals surface area contributed by atoms with Gasteiger partial charge in [-0.05, 0) is 60.0 Å². The van der Waals surface area contributed by atoms with Crippen molar-refractivity contribution in [3.63, 3.8) is 0 Å². The predicted molar refractivity (Wildman–Crippen MR) is 88.4 cm³/mol. The minimum atomic E-state index is -0.889. The van der Waals surface area contributed by atoms with E-state index in [9.17, 15) is 9.59 Å². The van der Waals surface area contributed by atoms with Gasteiger partial charge in [-0.2, -0.15) is 0 Å². The van der Waals surface area contributed by atoms with E-state index in [0.29, 0.717) is 4.67 Å². The SMILES string of the molecule is C[C@H](OC(=O)c1ccc(Br)o1)C(=O)N1c2ccccc2C[C@H]1C. The Kier molecular flexibility index (Phi) is 4.26. The topological polar surface area (TPSA) is 59.8 Å². The van der Waals surface area contributed by atoms with E-state index in [0.717, 1.165) is 17.7 Å². The third-order valence-corrected chi connectivity index (χ3v) is 4.28. The van der Waals surface area contributed by atoms with Crippen LogP contribution in [0.5, 0.6) is 0 Å². The lowest BCUT2D eigenvalue weighted by molar-refractivity contribution is -0.126. The molecule has 6 heteroatoms. The lowest BCUT2D eigenvalue weighted by Crippen LogP contribution is -2.43. The molecule has 0 aliphatic carbocycles. The van der Waals surface area contributed by atoms with Gasteiger partial charge in [0.25, 0.3) is 5.91 Å². The quantitative estimate of drug-likeness (QED) is 0.767. The molecule has 1 aromatic heterocycles. The molecule has 0 spiro atoms.